The molecule has 0 unspecified atom stereocenters. The number of carbonyl (C=O) groups excluding carboxylic acids is 1. The summed E-state index contributed by atoms with van der Waals surface area (Å²) in [5.74, 6) is -0.565. The van der Waals surface area contributed by atoms with Crippen LogP contribution in [0.2, 0.25) is 0 Å². The standard InChI is InChI=1S/C25H26FN3O2/c26-19-10-8-17(9-11-19)21-15-18(25(31)29-23-6-1-2-7-24(23)30)16-28-22(21)13-12-20-5-3-4-14-27-20/h3-5,8-11,14-16,23-24,30H,1-2,6-7,12-13H2,(H,29,31)/t23-,24-/m1/s1. The van der Waals surface area contributed by atoms with Crippen molar-refractivity contribution in [2.75, 3.05) is 0 Å². The lowest BCUT2D eigenvalue weighted by Crippen LogP contribution is -2.45. The topological polar surface area (TPSA) is 75.1 Å². The van der Waals surface area contributed by atoms with E-state index in [1.54, 1.807) is 30.6 Å². The van der Waals surface area contributed by atoms with Crippen LogP contribution in [0.5, 0.6) is 0 Å². The number of rotatable bonds is 6. The molecule has 0 radical (unpaired) electrons. The minimum Gasteiger partial charge on any atom is -0.391 e. The van der Waals surface area contributed by atoms with Crippen molar-refractivity contribution >= 4 is 5.91 Å². The SMILES string of the molecule is O=C(N[C@@H]1CCCC[C@H]1O)c1cnc(CCc2ccccn2)c(-c2ccc(F)cc2)c1. The lowest BCUT2D eigenvalue weighted by Gasteiger charge is -2.28. The molecule has 0 saturated heterocycles. The second-order valence-corrected chi connectivity index (χ2v) is 7.98. The van der Waals surface area contributed by atoms with Crippen molar-refractivity contribution in [2.45, 2.75) is 50.7 Å². The van der Waals surface area contributed by atoms with Crippen LogP contribution in [0.1, 0.15) is 47.4 Å². The molecule has 0 bridgehead atoms. The highest BCUT2D eigenvalue weighted by Gasteiger charge is 2.25. The average Bonchev–Trinajstić information content (AvgIpc) is 2.80. The van der Waals surface area contributed by atoms with Gasteiger partial charge < -0.3 is 10.4 Å². The van der Waals surface area contributed by atoms with Gasteiger partial charge in [-0.3, -0.25) is 14.8 Å². The number of hydrogen-bond donors (Lipinski definition) is 2. The normalized spacial score (nSPS) is 18.5. The number of amides is 1. The first kappa shape index (κ1) is 21.1. The zero-order valence-electron chi connectivity index (χ0n) is 17.3. The molecule has 2 N–H and O–H groups in total. The molecule has 0 spiro atoms. The van der Waals surface area contributed by atoms with E-state index >= 15 is 0 Å². The molecule has 31 heavy (non-hydrogen) atoms. The van der Waals surface area contributed by atoms with Crippen LogP contribution in [-0.2, 0) is 12.8 Å². The van der Waals surface area contributed by atoms with E-state index in [2.05, 4.69) is 15.3 Å². The number of hydrogen-bond acceptors (Lipinski definition) is 4. The molecular weight excluding hydrogens is 393 g/mol. The van der Waals surface area contributed by atoms with Crippen molar-refractivity contribution in [3.8, 4) is 11.1 Å². The van der Waals surface area contributed by atoms with E-state index in [4.69, 9.17) is 0 Å². The van der Waals surface area contributed by atoms with Crippen LogP contribution >= 0.6 is 0 Å². The third-order valence-corrected chi connectivity index (χ3v) is 5.78. The Balaban J connectivity index is 1.59. The fraction of sp³-hybridized carbons (Fsp3) is 0.320. The van der Waals surface area contributed by atoms with Gasteiger partial charge in [0.25, 0.3) is 5.91 Å². The number of nitrogens with one attached hydrogen (secondary N) is 1. The lowest BCUT2D eigenvalue weighted by molar-refractivity contribution is 0.0717. The molecule has 1 aliphatic carbocycles. The van der Waals surface area contributed by atoms with Crippen LogP contribution in [0.4, 0.5) is 4.39 Å². The molecule has 160 valence electrons. The summed E-state index contributed by atoms with van der Waals surface area (Å²) in [5, 5.41) is 13.1. The Morgan fingerprint density at radius 1 is 1.06 bits per heavy atom. The summed E-state index contributed by atoms with van der Waals surface area (Å²) >= 11 is 0. The summed E-state index contributed by atoms with van der Waals surface area (Å²) in [7, 11) is 0. The molecule has 2 aromatic heterocycles. The predicted octanol–water partition coefficient (Wildman–Crippen LogP) is 4.10. The Kier molecular flexibility index (Phi) is 6.67. The van der Waals surface area contributed by atoms with Crippen molar-refractivity contribution in [3.05, 3.63) is 83.7 Å². The first-order valence-corrected chi connectivity index (χ1v) is 10.7. The lowest BCUT2D eigenvalue weighted by atomic mass is 9.92. The highest BCUT2D eigenvalue weighted by molar-refractivity contribution is 5.95. The number of benzene rings is 1. The van der Waals surface area contributed by atoms with Gasteiger partial charge in [-0.1, -0.05) is 31.0 Å². The summed E-state index contributed by atoms with van der Waals surface area (Å²) in [6.45, 7) is 0. The van der Waals surface area contributed by atoms with Gasteiger partial charge in [0.05, 0.1) is 17.7 Å². The fourth-order valence-corrected chi connectivity index (χ4v) is 4.02. The van der Waals surface area contributed by atoms with E-state index < -0.39 is 6.10 Å². The minimum absolute atomic E-state index is 0.237. The van der Waals surface area contributed by atoms with E-state index in [9.17, 15) is 14.3 Å². The predicted molar refractivity (Wildman–Crippen MR) is 117 cm³/mol. The van der Waals surface area contributed by atoms with Gasteiger partial charge in [-0.15, -0.1) is 0 Å². The second-order valence-electron chi connectivity index (χ2n) is 7.98. The number of carbonyl (C=O) groups is 1. The summed E-state index contributed by atoms with van der Waals surface area (Å²) in [5.41, 5.74) is 3.82. The third-order valence-electron chi connectivity index (χ3n) is 5.78. The summed E-state index contributed by atoms with van der Waals surface area (Å²) in [4.78, 5) is 21.8. The molecule has 2 atom stereocenters. The average molecular weight is 420 g/mol. The molecule has 1 saturated carbocycles. The molecule has 3 aromatic rings. The maximum Gasteiger partial charge on any atom is 0.253 e. The molecule has 4 rings (SSSR count). The van der Waals surface area contributed by atoms with E-state index in [1.165, 1.54) is 12.1 Å². The molecule has 1 aromatic carbocycles. The molecular formula is C25H26FN3O2. The van der Waals surface area contributed by atoms with Crippen LogP contribution in [0, 0.1) is 5.82 Å². The van der Waals surface area contributed by atoms with E-state index in [-0.39, 0.29) is 17.8 Å². The fourth-order valence-electron chi connectivity index (χ4n) is 4.02. The van der Waals surface area contributed by atoms with Gasteiger partial charge in [-0.2, -0.15) is 0 Å². The van der Waals surface area contributed by atoms with Crippen LogP contribution in [-0.4, -0.2) is 33.1 Å². The molecule has 1 aliphatic rings. The van der Waals surface area contributed by atoms with Crippen LogP contribution in [0.3, 0.4) is 0 Å². The van der Waals surface area contributed by atoms with Crippen LogP contribution in [0.25, 0.3) is 11.1 Å². The summed E-state index contributed by atoms with van der Waals surface area (Å²) < 4.78 is 13.5. The Labute approximate surface area is 181 Å². The maximum atomic E-state index is 13.5. The highest BCUT2D eigenvalue weighted by atomic mass is 19.1. The minimum atomic E-state index is -0.514. The summed E-state index contributed by atoms with van der Waals surface area (Å²) in [6, 6.07) is 13.6. The van der Waals surface area contributed by atoms with Crippen molar-refractivity contribution in [1.29, 1.82) is 0 Å². The monoisotopic (exact) mass is 419 g/mol. The van der Waals surface area contributed by atoms with Gasteiger partial charge in [-0.25, -0.2) is 4.39 Å². The second kappa shape index (κ2) is 9.79. The first-order valence-electron chi connectivity index (χ1n) is 10.7. The third kappa shape index (κ3) is 5.33. The van der Waals surface area contributed by atoms with Gasteiger partial charge in [0.15, 0.2) is 0 Å². The molecule has 0 aliphatic heterocycles. The quantitative estimate of drug-likeness (QED) is 0.631. The van der Waals surface area contributed by atoms with E-state index in [0.29, 0.717) is 24.8 Å². The molecule has 1 fully saturated rings. The zero-order valence-corrected chi connectivity index (χ0v) is 17.3. The molecule has 1 amide bonds. The Morgan fingerprint density at radius 2 is 1.87 bits per heavy atom. The number of halogens is 1. The molecule has 2 heterocycles. The van der Waals surface area contributed by atoms with Gasteiger partial charge >= 0.3 is 0 Å². The van der Waals surface area contributed by atoms with Crippen LogP contribution in [0.15, 0.2) is 60.9 Å². The van der Waals surface area contributed by atoms with Gasteiger partial charge in [-0.05, 0) is 61.6 Å². The number of nitrogens with zero attached hydrogens (tertiary/aromatic N) is 2. The largest absolute Gasteiger partial charge is 0.391 e. The zero-order chi connectivity index (χ0) is 21.6. The number of aromatic nitrogens is 2. The highest BCUT2D eigenvalue weighted by Crippen LogP contribution is 2.26. The smallest absolute Gasteiger partial charge is 0.253 e. The van der Waals surface area contributed by atoms with E-state index in [1.807, 2.05) is 18.2 Å². The van der Waals surface area contributed by atoms with Crippen molar-refractivity contribution < 1.29 is 14.3 Å². The van der Waals surface area contributed by atoms with Crippen molar-refractivity contribution in [3.63, 3.8) is 0 Å². The Morgan fingerprint density at radius 3 is 2.61 bits per heavy atom. The number of aliphatic hydroxyl groups excluding tert-OH is 1. The number of aryl methyl sites for hydroxylation is 2. The summed E-state index contributed by atoms with van der Waals surface area (Å²) in [6.07, 6.45) is 7.63. The van der Waals surface area contributed by atoms with Gasteiger partial charge in [0.2, 0.25) is 0 Å². The van der Waals surface area contributed by atoms with E-state index in [0.717, 1.165) is 41.8 Å². The first-order chi connectivity index (χ1) is 15.1. The maximum absolute atomic E-state index is 13.5. The van der Waals surface area contributed by atoms with Gasteiger partial charge in [0, 0.05) is 29.3 Å². The molecule has 5 nitrogen and oxygen atoms in total. The van der Waals surface area contributed by atoms with Crippen LogP contribution < -0.4 is 5.32 Å². The Bertz CT molecular complexity index is 1020. The molecule has 6 heteroatoms. The van der Waals surface area contributed by atoms with Crippen molar-refractivity contribution in [1.82, 2.24) is 15.3 Å². The van der Waals surface area contributed by atoms with Crippen molar-refractivity contribution in [2.24, 2.45) is 0 Å². The number of pyridine rings is 2. The van der Waals surface area contributed by atoms with Gasteiger partial charge in [0.1, 0.15) is 5.82 Å². The number of aliphatic hydroxyl groups is 1. The Hall–Kier alpha value is -3.12.